The van der Waals surface area contributed by atoms with Crippen LogP contribution in [0.25, 0.3) is 0 Å². The molecule has 4 heteroatoms. The molecule has 1 N–H and O–H groups in total. The van der Waals surface area contributed by atoms with E-state index in [1.54, 1.807) is 0 Å². The van der Waals surface area contributed by atoms with Crippen molar-refractivity contribution in [1.82, 2.24) is 5.43 Å². The molecule has 1 atom stereocenters. The Hall–Kier alpha value is -0.670. The van der Waals surface area contributed by atoms with Crippen LogP contribution in [0.2, 0.25) is 0 Å². The molecule has 1 rings (SSSR count). The summed E-state index contributed by atoms with van der Waals surface area (Å²) in [5.41, 5.74) is 2.28. The molecular weight excluding hydrogens is 114 g/mol. The molecule has 0 aliphatic carbocycles. The largest absolute Gasteiger partial charge is 0.301 e. The van der Waals surface area contributed by atoms with E-state index < -0.39 is 12.5 Å². The summed E-state index contributed by atoms with van der Waals surface area (Å²) in [6.07, 6.45) is -0.494. The average Bonchev–Trinajstić information content (AvgIpc) is 2.12. The van der Waals surface area contributed by atoms with Gasteiger partial charge in [-0.1, -0.05) is 0 Å². The van der Waals surface area contributed by atoms with Gasteiger partial charge in [-0.05, 0) is 0 Å². The molecule has 0 saturated carbocycles. The predicted molar refractivity (Wildman–Crippen MR) is 26.0 cm³/mol. The van der Waals surface area contributed by atoms with Crippen molar-refractivity contribution in [2.24, 2.45) is 5.10 Å². The number of hydrogen-bond acceptors (Lipinski definition) is 2. The number of nitrogens with one attached hydrogen (secondary N) is 1. The fourth-order valence-corrected chi connectivity index (χ4v) is 0.527. The average molecular weight is 120 g/mol. The number of rotatable bonds is 1. The van der Waals surface area contributed by atoms with Crippen LogP contribution < -0.4 is 5.43 Å². The minimum absolute atomic E-state index is 0.345. The van der Waals surface area contributed by atoms with Gasteiger partial charge in [-0.3, -0.25) is 0 Å². The summed E-state index contributed by atoms with van der Waals surface area (Å²) in [6, 6.07) is -0.741. The molecule has 0 radical (unpaired) electrons. The lowest BCUT2D eigenvalue weighted by Gasteiger charge is -2.05. The Morgan fingerprint density at radius 1 is 1.75 bits per heavy atom. The van der Waals surface area contributed by atoms with Crippen molar-refractivity contribution in [2.75, 3.05) is 0 Å². The van der Waals surface area contributed by atoms with E-state index in [0.29, 0.717) is 6.42 Å². The van der Waals surface area contributed by atoms with Gasteiger partial charge in [0.1, 0.15) is 6.04 Å². The van der Waals surface area contributed by atoms with Crippen LogP contribution in [0.4, 0.5) is 8.78 Å². The molecular formula is C4H6F2N2. The Morgan fingerprint density at radius 2 is 2.50 bits per heavy atom. The van der Waals surface area contributed by atoms with E-state index in [0.717, 1.165) is 0 Å². The van der Waals surface area contributed by atoms with E-state index in [-0.39, 0.29) is 0 Å². The van der Waals surface area contributed by atoms with Crippen LogP contribution in [0.15, 0.2) is 5.10 Å². The normalized spacial score (nSPS) is 26.6. The Bertz CT molecular complexity index is 94.2. The van der Waals surface area contributed by atoms with Crippen LogP contribution in [0.1, 0.15) is 6.42 Å². The third-order valence-corrected chi connectivity index (χ3v) is 0.995. The maximum Gasteiger partial charge on any atom is 0.260 e. The SMILES string of the molecule is FC(F)C1CC=NN1. The predicted octanol–water partition coefficient (Wildman–Crippen LogP) is 0.599. The molecule has 8 heavy (non-hydrogen) atoms. The second-order valence-electron chi connectivity index (χ2n) is 1.62. The standard InChI is InChI=1S/C4H6F2N2/c5-4(6)3-1-2-7-8-3/h2-4,8H,1H2. The first-order chi connectivity index (χ1) is 3.80. The number of hydrogen-bond donors (Lipinski definition) is 1. The first-order valence-corrected chi connectivity index (χ1v) is 2.36. The van der Waals surface area contributed by atoms with Crippen molar-refractivity contribution in [3.63, 3.8) is 0 Å². The lowest BCUT2D eigenvalue weighted by Crippen LogP contribution is -2.27. The zero-order valence-electron chi connectivity index (χ0n) is 4.14. The second kappa shape index (κ2) is 2.07. The molecule has 1 unspecified atom stereocenters. The monoisotopic (exact) mass is 120 g/mol. The molecule has 0 aromatic heterocycles. The van der Waals surface area contributed by atoms with Gasteiger partial charge in [-0.15, -0.1) is 0 Å². The summed E-state index contributed by atoms with van der Waals surface area (Å²) in [5, 5.41) is 3.43. The van der Waals surface area contributed by atoms with Crippen LogP contribution >= 0.6 is 0 Å². The van der Waals surface area contributed by atoms with E-state index in [4.69, 9.17) is 0 Å². The molecule has 1 heterocycles. The van der Waals surface area contributed by atoms with Crippen molar-refractivity contribution in [3.05, 3.63) is 0 Å². The van der Waals surface area contributed by atoms with Gasteiger partial charge in [0, 0.05) is 12.6 Å². The van der Waals surface area contributed by atoms with Gasteiger partial charge in [0.15, 0.2) is 0 Å². The highest BCUT2D eigenvalue weighted by molar-refractivity contribution is 5.59. The summed E-state index contributed by atoms with van der Waals surface area (Å²) < 4.78 is 23.2. The molecule has 1 aliphatic heterocycles. The zero-order chi connectivity index (χ0) is 5.98. The van der Waals surface area contributed by atoms with Crippen molar-refractivity contribution in [3.8, 4) is 0 Å². The lowest BCUT2D eigenvalue weighted by molar-refractivity contribution is 0.106. The smallest absolute Gasteiger partial charge is 0.260 e. The lowest BCUT2D eigenvalue weighted by atomic mass is 10.3. The molecule has 46 valence electrons. The Balaban J connectivity index is 2.29. The fourth-order valence-electron chi connectivity index (χ4n) is 0.527. The summed E-state index contributed by atoms with van der Waals surface area (Å²) in [4.78, 5) is 0. The first kappa shape index (κ1) is 5.47. The van der Waals surface area contributed by atoms with Gasteiger partial charge in [0.25, 0.3) is 6.43 Å². The minimum Gasteiger partial charge on any atom is -0.301 e. The molecule has 2 nitrogen and oxygen atoms in total. The zero-order valence-corrected chi connectivity index (χ0v) is 4.14. The van der Waals surface area contributed by atoms with E-state index in [1.807, 2.05) is 0 Å². The first-order valence-electron chi connectivity index (χ1n) is 2.36. The van der Waals surface area contributed by atoms with Gasteiger partial charge in [0.2, 0.25) is 0 Å². The van der Waals surface area contributed by atoms with Crippen LogP contribution in [0.5, 0.6) is 0 Å². The third-order valence-electron chi connectivity index (χ3n) is 0.995. The van der Waals surface area contributed by atoms with Crippen LogP contribution in [-0.4, -0.2) is 18.7 Å². The van der Waals surface area contributed by atoms with Crippen molar-refractivity contribution in [2.45, 2.75) is 18.9 Å². The summed E-state index contributed by atoms with van der Waals surface area (Å²) in [5.74, 6) is 0. The third kappa shape index (κ3) is 0.936. The van der Waals surface area contributed by atoms with Gasteiger partial charge < -0.3 is 5.43 Å². The quantitative estimate of drug-likeness (QED) is 0.538. The topological polar surface area (TPSA) is 24.4 Å². The minimum atomic E-state index is -2.29. The Morgan fingerprint density at radius 3 is 2.75 bits per heavy atom. The molecule has 0 aromatic rings. The van der Waals surface area contributed by atoms with E-state index in [2.05, 4.69) is 10.5 Å². The molecule has 0 aromatic carbocycles. The van der Waals surface area contributed by atoms with Gasteiger partial charge in [-0.25, -0.2) is 8.78 Å². The van der Waals surface area contributed by atoms with Gasteiger partial charge in [-0.2, -0.15) is 5.10 Å². The molecule has 0 amide bonds. The van der Waals surface area contributed by atoms with E-state index in [1.165, 1.54) is 6.21 Å². The highest BCUT2D eigenvalue weighted by Crippen LogP contribution is 2.06. The van der Waals surface area contributed by atoms with Crippen molar-refractivity contribution >= 4 is 6.21 Å². The second-order valence-corrected chi connectivity index (χ2v) is 1.62. The van der Waals surface area contributed by atoms with Gasteiger partial charge in [0.05, 0.1) is 0 Å². The molecule has 0 bridgehead atoms. The maximum atomic E-state index is 11.6. The molecule has 0 saturated heterocycles. The number of hydrazone groups is 1. The van der Waals surface area contributed by atoms with Crippen LogP contribution in [0, 0.1) is 0 Å². The summed E-state index contributed by atoms with van der Waals surface area (Å²) in [6.45, 7) is 0. The highest BCUT2D eigenvalue weighted by Gasteiger charge is 2.20. The van der Waals surface area contributed by atoms with Crippen LogP contribution in [0.3, 0.4) is 0 Å². The maximum absolute atomic E-state index is 11.6. The Labute approximate surface area is 45.6 Å². The Kier molecular flexibility index (Phi) is 1.41. The van der Waals surface area contributed by atoms with Gasteiger partial charge >= 0.3 is 0 Å². The fraction of sp³-hybridized carbons (Fsp3) is 0.750. The highest BCUT2D eigenvalue weighted by atomic mass is 19.3. The molecule has 1 aliphatic rings. The van der Waals surface area contributed by atoms with E-state index >= 15 is 0 Å². The van der Waals surface area contributed by atoms with E-state index in [9.17, 15) is 8.78 Å². The van der Waals surface area contributed by atoms with Crippen molar-refractivity contribution in [1.29, 1.82) is 0 Å². The molecule has 0 spiro atoms. The molecule has 0 fully saturated rings. The van der Waals surface area contributed by atoms with Crippen molar-refractivity contribution < 1.29 is 8.78 Å². The number of halogens is 2. The van der Waals surface area contributed by atoms with Crippen LogP contribution in [-0.2, 0) is 0 Å². The summed E-state index contributed by atoms with van der Waals surface area (Å²) in [7, 11) is 0. The number of alkyl halides is 2. The summed E-state index contributed by atoms with van der Waals surface area (Å²) >= 11 is 0. The number of nitrogens with zero attached hydrogens (tertiary/aromatic N) is 1.